The van der Waals surface area contributed by atoms with Crippen LogP contribution in [0.25, 0.3) is 11.1 Å². The number of carbonyl (C=O) groups is 3. The van der Waals surface area contributed by atoms with E-state index in [2.05, 4.69) is 38.4 Å². The number of anilines is 2. The summed E-state index contributed by atoms with van der Waals surface area (Å²) in [5.41, 5.74) is 4.51. The highest BCUT2D eigenvalue weighted by Crippen LogP contribution is 2.32. The van der Waals surface area contributed by atoms with Crippen LogP contribution in [0.1, 0.15) is 10.4 Å². The van der Waals surface area contributed by atoms with E-state index in [1.807, 2.05) is 18.3 Å². The third kappa shape index (κ3) is 10.8. The van der Waals surface area contributed by atoms with Crippen molar-refractivity contribution in [3.8, 4) is 16.9 Å². The van der Waals surface area contributed by atoms with Gasteiger partial charge in [-0.3, -0.25) is 9.89 Å². The standard InChI is InChI=1S/C22H25N5O2.2C2HF3O2/c1-26-9-11-27(12-10-26)21-13-17(18-14-23-24-15-18)5-8-20(21)25-22(28)16-3-6-19(29-2)7-4-16;2*3-2(4,5)1(6)7/h3-8,13-15H,9-12H2,1-2H3,(H,23,24)(H,25,28);2*(H,6,7). The Kier molecular flexibility index (Phi) is 11.9. The Morgan fingerprint density at radius 1 is 0.884 bits per heavy atom. The molecule has 11 nitrogen and oxygen atoms in total. The molecule has 1 aliphatic heterocycles. The Hall–Kier alpha value is -4.80. The zero-order chi connectivity index (χ0) is 32.4. The van der Waals surface area contributed by atoms with Gasteiger partial charge in [0.1, 0.15) is 5.75 Å². The fourth-order valence-corrected chi connectivity index (χ4v) is 3.47. The van der Waals surface area contributed by atoms with Crippen LogP contribution in [0.4, 0.5) is 37.7 Å². The number of carboxylic acid groups (broad SMARTS) is 2. The number of hydrogen-bond acceptors (Lipinski definition) is 7. The van der Waals surface area contributed by atoms with Gasteiger partial charge >= 0.3 is 24.3 Å². The van der Waals surface area contributed by atoms with E-state index < -0.39 is 24.3 Å². The van der Waals surface area contributed by atoms with Crippen LogP contribution in [0, 0.1) is 0 Å². The van der Waals surface area contributed by atoms with Crippen molar-refractivity contribution in [2.24, 2.45) is 0 Å². The molecule has 1 aliphatic rings. The Morgan fingerprint density at radius 2 is 1.42 bits per heavy atom. The fraction of sp³-hybridized carbons (Fsp3) is 0.308. The predicted octanol–water partition coefficient (Wildman–Crippen LogP) is 4.36. The first-order valence-electron chi connectivity index (χ1n) is 12.1. The van der Waals surface area contributed by atoms with E-state index in [1.165, 1.54) is 0 Å². The van der Waals surface area contributed by atoms with E-state index in [1.54, 1.807) is 37.6 Å². The number of alkyl halides is 6. The number of aliphatic carboxylic acids is 2. The monoisotopic (exact) mass is 619 g/mol. The van der Waals surface area contributed by atoms with E-state index >= 15 is 0 Å². The van der Waals surface area contributed by atoms with Gasteiger partial charge in [-0.25, -0.2) is 9.59 Å². The maximum atomic E-state index is 12.8. The van der Waals surface area contributed by atoms with Crippen molar-refractivity contribution in [1.29, 1.82) is 0 Å². The average Bonchev–Trinajstić information content (AvgIpc) is 3.49. The number of nitrogens with zero attached hydrogens (tertiary/aromatic N) is 3. The lowest BCUT2D eigenvalue weighted by Gasteiger charge is -2.35. The highest BCUT2D eigenvalue weighted by molar-refractivity contribution is 6.06. The van der Waals surface area contributed by atoms with Crippen LogP contribution in [-0.4, -0.2) is 95.8 Å². The van der Waals surface area contributed by atoms with Crippen molar-refractivity contribution in [1.82, 2.24) is 15.1 Å². The Balaban J connectivity index is 0.000000384. The molecule has 0 radical (unpaired) electrons. The quantitative estimate of drug-likeness (QED) is 0.306. The van der Waals surface area contributed by atoms with Crippen molar-refractivity contribution < 1.29 is 55.7 Å². The van der Waals surface area contributed by atoms with Crippen molar-refractivity contribution >= 4 is 29.2 Å². The van der Waals surface area contributed by atoms with Gasteiger partial charge in [-0.15, -0.1) is 0 Å². The van der Waals surface area contributed by atoms with E-state index in [0.717, 1.165) is 54.4 Å². The molecule has 0 saturated carbocycles. The second kappa shape index (κ2) is 14.9. The lowest BCUT2D eigenvalue weighted by atomic mass is 10.1. The molecule has 43 heavy (non-hydrogen) atoms. The Labute approximate surface area is 240 Å². The first-order valence-corrected chi connectivity index (χ1v) is 12.1. The number of halogens is 6. The normalized spacial score (nSPS) is 13.5. The van der Waals surface area contributed by atoms with Gasteiger partial charge in [0, 0.05) is 43.5 Å². The molecule has 0 spiro atoms. The minimum atomic E-state index is -5.08. The maximum absolute atomic E-state index is 12.8. The zero-order valence-electron chi connectivity index (χ0n) is 22.7. The van der Waals surface area contributed by atoms with Crippen LogP contribution in [0.5, 0.6) is 5.75 Å². The number of likely N-dealkylation sites (N-methyl/N-ethyl adjacent to an activating group) is 1. The Bertz CT molecular complexity index is 1330. The first-order chi connectivity index (χ1) is 20.0. The van der Waals surface area contributed by atoms with Gasteiger partial charge in [0.15, 0.2) is 0 Å². The molecule has 0 atom stereocenters. The number of piperazine rings is 1. The van der Waals surface area contributed by atoms with E-state index in [9.17, 15) is 31.1 Å². The molecule has 2 heterocycles. The van der Waals surface area contributed by atoms with Crippen LogP contribution in [0.15, 0.2) is 54.9 Å². The number of aromatic nitrogens is 2. The summed E-state index contributed by atoms with van der Waals surface area (Å²) in [4.78, 5) is 35.3. The summed E-state index contributed by atoms with van der Waals surface area (Å²) in [5.74, 6) is -4.93. The summed E-state index contributed by atoms with van der Waals surface area (Å²) < 4.78 is 68.6. The van der Waals surface area contributed by atoms with Gasteiger partial charge < -0.3 is 30.1 Å². The number of carboxylic acids is 2. The topological polar surface area (TPSA) is 148 Å². The van der Waals surface area contributed by atoms with E-state index in [0.29, 0.717) is 5.56 Å². The minimum Gasteiger partial charge on any atom is -0.497 e. The number of benzene rings is 2. The van der Waals surface area contributed by atoms with E-state index in [-0.39, 0.29) is 5.91 Å². The lowest BCUT2D eigenvalue weighted by molar-refractivity contribution is -0.193. The Morgan fingerprint density at radius 3 is 1.86 bits per heavy atom. The van der Waals surface area contributed by atoms with Gasteiger partial charge in [0.25, 0.3) is 5.91 Å². The molecule has 0 unspecified atom stereocenters. The SMILES string of the molecule is COc1ccc(C(=O)Nc2ccc(-c3cn[nH]c3)cc2N2CCN(C)CC2)cc1.O=C(O)C(F)(F)F.O=C(O)C(F)(F)F. The molecular formula is C26H27F6N5O6. The van der Waals surface area contributed by atoms with Gasteiger partial charge in [-0.2, -0.15) is 31.4 Å². The number of rotatable bonds is 5. The summed E-state index contributed by atoms with van der Waals surface area (Å²) >= 11 is 0. The predicted molar refractivity (Wildman–Crippen MR) is 142 cm³/mol. The molecule has 2 aromatic carbocycles. The molecule has 1 amide bonds. The van der Waals surface area contributed by atoms with Crippen LogP contribution in [0.2, 0.25) is 0 Å². The van der Waals surface area contributed by atoms with Crippen LogP contribution in [-0.2, 0) is 9.59 Å². The maximum Gasteiger partial charge on any atom is 0.490 e. The van der Waals surface area contributed by atoms with Gasteiger partial charge in [0.2, 0.25) is 0 Å². The first kappa shape index (κ1) is 34.4. The lowest BCUT2D eigenvalue weighted by Crippen LogP contribution is -2.44. The van der Waals surface area contributed by atoms with E-state index in [4.69, 9.17) is 24.5 Å². The minimum absolute atomic E-state index is 0.140. The summed E-state index contributed by atoms with van der Waals surface area (Å²) in [6, 6.07) is 13.2. The molecular weight excluding hydrogens is 592 g/mol. The highest BCUT2D eigenvalue weighted by Gasteiger charge is 2.38. The average molecular weight is 620 g/mol. The smallest absolute Gasteiger partial charge is 0.490 e. The number of ether oxygens (including phenoxy) is 1. The summed E-state index contributed by atoms with van der Waals surface area (Å²) in [6.45, 7) is 3.80. The largest absolute Gasteiger partial charge is 0.497 e. The number of carbonyl (C=O) groups excluding carboxylic acids is 1. The van der Waals surface area contributed by atoms with Crippen molar-refractivity contribution in [3.63, 3.8) is 0 Å². The third-order valence-corrected chi connectivity index (χ3v) is 5.76. The fourth-order valence-electron chi connectivity index (χ4n) is 3.47. The highest BCUT2D eigenvalue weighted by atomic mass is 19.4. The molecule has 234 valence electrons. The number of nitrogens with one attached hydrogen (secondary N) is 2. The molecule has 3 aromatic rings. The number of H-pyrrole nitrogens is 1. The number of methoxy groups -OCH3 is 1. The van der Waals surface area contributed by atoms with Crippen LogP contribution in [0.3, 0.4) is 0 Å². The van der Waals surface area contributed by atoms with Gasteiger partial charge in [-0.05, 0) is 49.0 Å². The molecule has 1 saturated heterocycles. The molecule has 4 N–H and O–H groups in total. The number of aromatic amines is 1. The summed E-state index contributed by atoms with van der Waals surface area (Å²) in [7, 11) is 3.74. The molecule has 1 aromatic heterocycles. The molecule has 1 fully saturated rings. The van der Waals surface area contributed by atoms with Crippen molar-refractivity contribution in [2.75, 3.05) is 50.6 Å². The summed E-state index contributed by atoms with van der Waals surface area (Å²) in [6.07, 6.45) is -6.49. The van der Waals surface area contributed by atoms with Crippen LogP contribution < -0.4 is 15.0 Å². The zero-order valence-corrected chi connectivity index (χ0v) is 22.7. The van der Waals surface area contributed by atoms with Crippen LogP contribution >= 0.6 is 0 Å². The number of amides is 1. The van der Waals surface area contributed by atoms with Gasteiger partial charge in [-0.1, -0.05) is 6.07 Å². The molecule has 0 bridgehead atoms. The number of hydrogen-bond donors (Lipinski definition) is 4. The van der Waals surface area contributed by atoms with Gasteiger partial charge in [0.05, 0.1) is 24.7 Å². The summed E-state index contributed by atoms with van der Waals surface area (Å²) in [5, 5.41) is 24.2. The molecule has 4 rings (SSSR count). The van der Waals surface area contributed by atoms with Crippen molar-refractivity contribution in [3.05, 3.63) is 60.4 Å². The molecule has 0 aliphatic carbocycles. The van der Waals surface area contributed by atoms with Crippen molar-refractivity contribution in [2.45, 2.75) is 12.4 Å². The second-order valence-corrected chi connectivity index (χ2v) is 8.80. The molecule has 17 heteroatoms. The third-order valence-electron chi connectivity index (χ3n) is 5.76. The second-order valence-electron chi connectivity index (χ2n) is 8.80.